The van der Waals surface area contributed by atoms with E-state index in [-0.39, 0.29) is 11.6 Å². The third-order valence-corrected chi connectivity index (χ3v) is 3.23. The lowest BCUT2D eigenvalue weighted by molar-refractivity contribution is 0.152. The molecule has 0 atom stereocenters. The monoisotopic (exact) mass is 319 g/mol. The van der Waals surface area contributed by atoms with Crippen molar-refractivity contribution in [1.82, 2.24) is 9.55 Å². The second-order valence-corrected chi connectivity index (χ2v) is 4.83. The van der Waals surface area contributed by atoms with E-state index in [1.54, 1.807) is 4.57 Å². The normalized spacial score (nSPS) is 10.9. The molecule has 2 N–H and O–H groups in total. The maximum Gasteiger partial charge on any atom is 0.404 e. The fourth-order valence-electron chi connectivity index (χ4n) is 1.93. The molecule has 0 spiro atoms. The van der Waals surface area contributed by atoms with Crippen LogP contribution in [0.15, 0.2) is 12.1 Å². The number of nitrogens with zero attached hydrogens (tertiary/aromatic N) is 2. The molecule has 0 saturated carbocycles. The van der Waals surface area contributed by atoms with Crippen LogP contribution in [0.5, 0.6) is 0 Å². The van der Waals surface area contributed by atoms with Crippen LogP contribution in [0.3, 0.4) is 0 Å². The van der Waals surface area contributed by atoms with E-state index < -0.39 is 11.9 Å². The van der Waals surface area contributed by atoms with Gasteiger partial charge in [0.1, 0.15) is 18.2 Å². The van der Waals surface area contributed by atoms with Crippen molar-refractivity contribution >= 4 is 40.3 Å². The summed E-state index contributed by atoms with van der Waals surface area (Å²) in [4.78, 5) is 14.9. The molecule has 5 nitrogen and oxygen atoms in total. The van der Waals surface area contributed by atoms with Gasteiger partial charge < -0.3 is 15.0 Å². The van der Waals surface area contributed by atoms with E-state index in [0.29, 0.717) is 35.7 Å². The zero-order valence-corrected chi connectivity index (χ0v) is 11.9. The number of fused-ring (bicyclic) bond motifs is 1. The zero-order chi connectivity index (χ0) is 14.7. The van der Waals surface area contributed by atoms with Crippen molar-refractivity contribution in [2.75, 3.05) is 12.5 Å². The minimum atomic E-state index is -0.859. The first-order valence-electron chi connectivity index (χ1n) is 5.85. The van der Waals surface area contributed by atoms with Gasteiger partial charge in [-0.15, -0.1) is 11.6 Å². The summed E-state index contributed by atoms with van der Waals surface area (Å²) in [5, 5.41) is 0.00737. The second kappa shape index (κ2) is 6.28. The molecule has 0 saturated heterocycles. The highest BCUT2D eigenvalue weighted by Crippen LogP contribution is 2.24. The molecule has 1 heterocycles. The van der Waals surface area contributed by atoms with Gasteiger partial charge in [0.2, 0.25) is 0 Å². The summed E-state index contributed by atoms with van der Waals surface area (Å²) in [6.45, 7) is 0.382. The van der Waals surface area contributed by atoms with Crippen LogP contribution in [0.2, 0.25) is 5.02 Å². The zero-order valence-electron chi connectivity index (χ0n) is 10.4. The first-order valence-corrected chi connectivity index (χ1v) is 6.76. The smallest absolute Gasteiger partial charge is 0.404 e. The topological polar surface area (TPSA) is 70.1 Å². The maximum absolute atomic E-state index is 13.6. The molecule has 0 aliphatic heterocycles. The fraction of sp³-hybridized carbons (Fsp3) is 0.333. The number of hydrogen-bond donors (Lipinski definition) is 1. The number of alkyl halides is 1. The van der Waals surface area contributed by atoms with Gasteiger partial charge in [-0.25, -0.2) is 14.2 Å². The van der Waals surface area contributed by atoms with Crippen LogP contribution in [-0.2, 0) is 17.7 Å². The number of benzene rings is 1. The van der Waals surface area contributed by atoms with Crippen molar-refractivity contribution in [1.29, 1.82) is 0 Å². The summed E-state index contributed by atoms with van der Waals surface area (Å²) in [5.74, 6) is 0.509. The van der Waals surface area contributed by atoms with E-state index in [4.69, 9.17) is 28.9 Å². The van der Waals surface area contributed by atoms with E-state index in [0.717, 1.165) is 0 Å². The van der Waals surface area contributed by atoms with Gasteiger partial charge in [-0.05, 0) is 6.07 Å². The molecule has 108 valence electrons. The number of primary amides is 1. The van der Waals surface area contributed by atoms with E-state index in [2.05, 4.69) is 9.72 Å². The SMILES string of the molecule is NC(=O)OCCn1c(CCCl)nc2cc(Cl)c(F)cc21. The highest BCUT2D eigenvalue weighted by Gasteiger charge is 2.13. The van der Waals surface area contributed by atoms with Gasteiger partial charge >= 0.3 is 6.09 Å². The summed E-state index contributed by atoms with van der Waals surface area (Å²) in [6.07, 6.45) is -0.353. The maximum atomic E-state index is 13.6. The number of imidazole rings is 1. The molecular weight excluding hydrogens is 308 g/mol. The number of nitrogens with two attached hydrogens (primary N) is 1. The number of aryl methyl sites for hydroxylation is 1. The predicted molar refractivity (Wildman–Crippen MR) is 74.7 cm³/mol. The van der Waals surface area contributed by atoms with E-state index >= 15 is 0 Å². The van der Waals surface area contributed by atoms with Gasteiger partial charge in [-0.1, -0.05) is 11.6 Å². The second-order valence-electron chi connectivity index (χ2n) is 4.04. The van der Waals surface area contributed by atoms with Crippen molar-refractivity contribution in [3.05, 3.63) is 28.8 Å². The average molecular weight is 320 g/mol. The highest BCUT2D eigenvalue weighted by molar-refractivity contribution is 6.31. The molecule has 2 aromatic rings. The molecule has 8 heteroatoms. The van der Waals surface area contributed by atoms with Gasteiger partial charge in [0.25, 0.3) is 0 Å². The third kappa shape index (κ3) is 3.13. The van der Waals surface area contributed by atoms with Gasteiger partial charge in [-0.3, -0.25) is 0 Å². The Kier molecular flexibility index (Phi) is 4.67. The summed E-state index contributed by atoms with van der Waals surface area (Å²) in [6, 6.07) is 2.75. The van der Waals surface area contributed by atoms with Gasteiger partial charge in [0.05, 0.1) is 22.6 Å². The number of amides is 1. The summed E-state index contributed by atoms with van der Waals surface area (Å²) < 4.78 is 20.0. The van der Waals surface area contributed by atoms with Crippen LogP contribution in [0.4, 0.5) is 9.18 Å². The highest BCUT2D eigenvalue weighted by atomic mass is 35.5. The quantitative estimate of drug-likeness (QED) is 0.861. The number of halogens is 3. The molecule has 0 radical (unpaired) electrons. The van der Waals surface area contributed by atoms with Gasteiger partial charge in [0.15, 0.2) is 0 Å². The minimum absolute atomic E-state index is 0.00737. The lowest BCUT2D eigenvalue weighted by Gasteiger charge is -2.08. The Bertz CT molecular complexity index is 645. The number of carbonyl (C=O) groups excluding carboxylic acids is 1. The molecule has 20 heavy (non-hydrogen) atoms. The van der Waals surface area contributed by atoms with Crippen molar-refractivity contribution in [3.63, 3.8) is 0 Å². The van der Waals surface area contributed by atoms with Crippen molar-refractivity contribution < 1.29 is 13.9 Å². The molecule has 1 aromatic carbocycles. The standard InChI is InChI=1S/C12H12Cl2FN3O2/c13-2-1-11-17-9-5-7(14)8(15)6-10(9)18(11)3-4-20-12(16)19/h5-6H,1-4H2,(H2,16,19). The third-order valence-electron chi connectivity index (χ3n) is 2.75. The van der Waals surface area contributed by atoms with Crippen molar-refractivity contribution in [2.45, 2.75) is 13.0 Å². The number of hydrogen-bond acceptors (Lipinski definition) is 3. The molecule has 0 aliphatic carbocycles. The van der Waals surface area contributed by atoms with Crippen LogP contribution in [0.1, 0.15) is 5.82 Å². The number of rotatable bonds is 5. The lowest BCUT2D eigenvalue weighted by Crippen LogP contribution is -2.17. The number of aromatic nitrogens is 2. The van der Waals surface area contributed by atoms with Crippen LogP contribution >= 0.6 is 23.2 Å². The molecule has 1 aromatic heterocycles. The summed E-state index contributed by atoms with van der Waals surface area (Å²) >= 11 is 11.5. The molecule has 0 unspecified atom stereocenters. The van der Waals surface area contributed by atoms with E-state index in [1.807, 2.05) is 0 Å². The minimum Gasteiger partial charge on any atom is -0.448 e. The first-order chi connectivity index (χ1) is 9.52. The molecule has 2 rings (SSSR count). The largest absolute Gasteiger partial charge is 0.448 e. The Hall–Kier alpha value is -1.53. The van der Waals surface area contributed by atoms with Gasteiger partial charge in [-0.2, -0.15) is 0 Å². The van der Waals surface area contributed by atoms with Crippen LogP contribution < -0.4 is 5.73 Å². The lowest BCUT2D eigenvalue weighted by atomic mass is 10.3. The number of ether oxygens (including phenoxy) is 1. The first kappa shape index (κ1) is 14.9. The Labute approximate surface area is 124 Å². The van der Waals surface area contributed by atoms with Gasteiger partial charge in [0, 0.05) is 18.4 Å². The molecule has 0 bridgehead atoms. The molecule has 0 aliphatic rings. The fourth-order valence-corrected chi connectivity index (χ4v) is 2.26. The summed E-state index contributed by atoms with van der Waals surface area (Å²) in [7, 11) is 0. The van der Waals surface area contributed by atoms with Crippen molar-refractivity contribution in [3.8, 4) is 0 Å². The Morgan fingerprint density at radius 1 is 1.50 bits per heavy atom. The van der Waals surface area contributed by atoms with Crippen molar-refractivity contribution in [2.24, 2.45) is 5.73 Å². The summed E-state index contributed by atoms with van der Waals surface area (Å²) in [5.41, 5.74) is 6.04. The van der Waals surface area contributed by atoms with Crippen LogP contribution in [0, 0.1) is 5.82 Å². The Morgan fingerprint density at radius 2 is 2.25 bits per heavy atom. The van der Waals surface area contributed by atoms with E-state index in [1.165, 1.54) is 12.1 Å². The van der Waals surface area contributed by atoms with Crippen LogP contribution in [0.25, 0.3) is 11.0 Å². The Balaban J connectivity index is 2.39. The average Bonchev–Trinajstić information content (AvgIpc) is 2.68. The van der Waals surface area contributed by atoms with E-state index in [9.17, 15) is 9.18 Å². The predicted octanol–water partition coefficient (Wildman–Crippen LogP) is 2.71. The number of carbonyl (C=O) groups is 1. The molecular formula is C12H12Cl2FN3O2. The van der Waals surface area contributed by atoms with Crippen LogP contribution in [-0.4, -0.2) is 28.1 Å². The Morgan fingerprint density at radius 3 is 2.90 bits per heavy atom. The molecule has 0 fully saturated rings. The molecule has 1 amide bonds.